The maximum absolute atomic E-state index is 14.7. The number of ether oxygens (including phenoxy) is 4. The molecule has 1 aromatic rings. The third-order valence-electron chi connectivity index (χ3n) is 13.3. The van der Waals surface area contributed by atoms with Crippen LogP contribution in [0, 0.1) is 29.6 Å². The molecule has 0 unspecified atom stereocenters. The molecule has 1 aliphatic heterocycles. The topological polar surface area (TPSA) is 164 Å². The highest BCUT2D eigenvalue weighted by atomic mass is 16.6. The fourth-order valence-corrected chi connectivity index (χ4v) is 9.41. The molecule has 0 spiro atoms. The van der Waals surface area contributed by atoms with Crippen LogP contribution in [0.5, 0.6) is 0 Å². The van der Waals surface area contributed by atoms with E-state index in [4.69, 9.17) is 18.9 Å². The minimum Gasteiger partial charge on any atom is -0.467 e. The van der Waals surface area contributed by atoms with Crippen molar-refractivity contribution in [3.8, 4) is 0 Å². The zero-order chi connectivity index (χ0) is 50.1. The molecule has 376 valence electrons. The van der Waals surface area contributed by atoms with E-state index in [1.54, 1.807) is 42.8 Å². The Hall–Kier alpha value is -4.08. The standard InChI is InChI=1S/C51H87N5O10/c1-17-35(6)45(55(13)48(60)38(33(2)3)31-41(57)44(34(4)5)53(11)27-21-22-28-54(12)50(62)66-51(8,9)10)42(63-14)32-43(58)56-29-23-26-40(56)46(64-15)36(7)47(59)52-39(49(61)65-16)30-37-24-19-18-20-25-37/h18-20,24-25,33-36,38-40,42,44-46H,17,21-23,26-32H2,1-16H3,(H,52,59)/t35-,36+,38-,39-,40-,42+,44-,45-,46+/m0/s1. The van der Waals surface area contributed by atoms with Gasteiger partial charge in [0, 0.05) is 60.2 Å². The van der Waals surface area contributed by atoms with Crippen LogP contribution in [0.4, 0.5) is 4.79 Å². The quantitative estimate of drug-likeness (QED) is 0.0743. The molecule has 1 saturated heterocycles. The van der Waals surface area contributed by atoms with Crippen LogP contribution in [0.15, 0.2) is 30.3 Å². The van der Waals surface area contributed by atoms with Gasteiger partial charge in [-0.15, -0.1) is 0 Å². The van der Waals surface area contributed by atoms with Crippen molar-refractivity contribution in [3.05, 3.63) is 35.9 Å². The number of benzene rings is 1. The average Bonchev–Trinajstić information content (AvgIpc) is 3.75. The van der Waals surface area contributed by atoms with Crippen LogP contribution in [0.3, 0.4) is 0 Å². The Balaban J connectivity index is 2.22. The molecule has 2 rings (SSSR count). The third kappa shape index (κ3) is 17.2. The van der Waals surface area contributed by atoms with Crippen LogP contribution in [-0.2, 0) is 49.3 Å². The number of Topliss-reactive ketones (excluding diaryl/α,β-unsaturated/α-hetero) is 1. The van der Waals surface area contributed by atoms with Gasteiger partial charge in [-0.1, -0.05) is 85.2 Å². The molecule has 9 atom stereocenters. The highest BCUT2D eigenvalue weighted by Gasteiger charge is 2.44. The van der Waals surface area contributed by atoms with Crippen LogP contribution in [-0.4, -0.2) is 159 Å². The van der Waals surface area contributed by atoms with Crippen molar-refractivity contribution in [1.29, 1.82) is 0 Å². The molecule has 4 amide bonds. The van der Waals surface area contributed by atoms with E-state index in [0.717, 1.165) is 31.2 Å². The van der Waals surface area contributed by atoms with E-state index in [9.17, 15) is 28.8 Å². The van der Waals surface area contributed by atoms with Crippen LogP contribution in [0.2, 0.25) is 0 Å². The van der Waals surface area contributed by atoms with E-state index < -0.39 is 59.8 Å². The van der Waals surface area contributed by atoms with E-state index in [0.29, 0.717) is 26.1 Å². The number of rotatable bonds is 27. The molecule has 1 heterocycles. The Labute approximate surface area is 397 Å². The van der Waals surface area contributed by atoms with Gasteiger partial charge in [-0.05, 0) is 83.4 Å². The van der Waals surface area contributed by atoms with Crippen LogP contribution >= 0.6 is 0 Å². The number of unbranched alkanes of at least 4 members (excludes halogenated alkanes) is 1. The number of amides is 4. The lowest BCUT2D eigenvalue weighted by Gasteiger charge is -2.41. The maximum Gasteiger partial charge on any atom is 0.410 e. The SMILES string of the molecule is CC[C@H](C)[C@@H]([C@@H](CC(=O)N1CCC[C@H]1[C@H](OC)[C@@H](C)C(=O)N[C@@H](Cc1ccccc1)C(=O)OC)OC)N(C)C(=O)[C@@H](CC(=O)[C@H](C(C)C)N(C)CCCCN(C)C(=O)OC(C)(C)C)C(C)C. The molecule has 1 aromatic carbocycles. The molecule has 1 N–H and O–H groups in total. The summed E-state index contributed by atoms with van der Waals surface area (Å²) < 4.78 is 22.6. The summed E-state index contributed by atoms with van der Waals surface area (Å²) in [5.74, 6) is -2.75. The second-order valence-electron chi connectivity index (χ2n) is 20.2. The number of nitrogens with one attached hydrogen (secondary N) is 1. The first kappa shape index (κ1) is 58.0. The second-order valence-corrected chi connectivity index (χ2v) is 20.2. The number of likely N-dealkylation sites (tertiary alicyclic amines) is 1. The molecule has 15 nitrogen and oxygen atoms in total. The highest BCUT2D eigenvalue weighted by molar-refractivity contribution is 5.90. The summed E-state index contributed by atoms with van der Waals surface area (Å²) in [5, 5.41) is 2.87. The van der Waals surface area contributed by atoms with Gasteiger partial charge in [0.15, 0.2) is 5.78 Å². The minimum atomic E-state index is -0.903. The number of methoxy groups -OCH3 is 3. The summed E-state index contributed by atoms with van der Waals surface area (Å²) in [6.07, 6.45) is 2.22. The molecule has 15 heteroatoms. The lowest BCUT2D eigenvalue weighted by atomic mass is 9.83. The fraction of sp³-hybridized carbons (Fsp3) is 0.765. The van der Waals surface area contributed by atoms with Gasteiger partial charge in [0.05, 0.1) is 49.8 Å². The predicted molar refractivity (Wildman–Crippen MR) is 258 cm³/mol. The monoisotopic (exact) mass is 930 g/mol. The van der Waals surface area contributed by atoms with Crippen LogP contribution < -0.4 is 5.32 Å². The summed E-state index contributed by atoms with van der Waals surface area (Å²) in [4.78, 5) is 89.4. The van der Waals surface area contributed by atoms with E-state index in [1.807, 2.05) is 92.8 Å². The summed E-state index contributed by atoms with van der Waals surface area (Å²) in [5.41, 5.74) is 0.300. The van der Waals surface area contributed by atoms with E-state index in [-0.39, 0.29) is 66.6 Å². The summed E-state index contributed by atoms with van der Waals surface area (Å²) in [7, 11) is 9.81. The van der Waals surface area contributed by atoms with Crippen molar-refractivity contribution in [2.45, 2.75) is 163 Å². The number of carbonyl (C=O) groups is 6. The molecular weight excluding hydrogens is 843 g/mol. The largest absolute Gasteiger partial charge is 0.467 e. The lowest BCUT2D eigenvalue weighted by Crippen LogP contribution is -2.55. The van der Waals surface area contributed by atoms with Crippen molar-refractivity contribution >= 4 is 35.6 Å². The van der Waals surface area contributed by atoms with Crippen molar-refractivity contribution < 1.29 is 47.7 Å². The van der Waals surface area contributed by atoms with E-state index >= 15 is 0 Å². The molecule has 0 bridgehead atoms. The van der Waals surface area contributed by atoms with Crippen molar-refractivity contribution in [2.75, 3.05) is 62.1 Å². The van der Waals surface area contributed by atoms with E-state index in [1.165, 1.54) is 14.2 Å². The van der Waals surface area contributed by atoms with Crippen LogP contribution in [0.25, 0.3) is 0 Å². The molecule has 0 aliphatic carbocycles. The van der Waals surface area contributed by atoms with Gasteiger partial charge in [-0.3, -0.25) is 24.1 Å². The van der Waals surface area contributed by atoms with Gasteiger partial charge < -0.3 is 39.0 Å². The van der Waals surface area contributed by atoms with Gasteiger partial charge in [0.1, 0.15) is 11.6 Å². The molecular formula is C51H87N5O10. The molecule has 1 fully saturated rings. The van der Waals surface area contributed by atoms with Crippen LogP contribution in [0.1, 0.15) is 120 Å². The number of likely N-dealkylation sites (N-methyl/N-ethyl adjacent to an activating group) is 2. The normalized spacial score (nSPS) is 17.9. The Kier molecular flexibility index (Phi) is 24.3. The van der Waals surface area contributed by atoms with Crippen molar-refractivity contribution in [1.82, 2.24) is 24.9 Å². The van der Waals surface area contributed by atoms with Crippen molar-refractivity contribution in [2.24, 2.45) is 29.6 Å². The minimum absolute atomic E-state index is 0.00279. The summed E-state index contributed by atoms with van der Waals surface area (Å²) in [6.45, 7) is 21.0. The van der Waals surface area contributed by atoms with Gasteiger partial charge >= 0.3 is 12.1 Å². The molecule has 1 aliphatic rings. The van der Waals surface area contributed by atoms with Crippen molar-refractivity contribution in [3.63, 3.8) is 0 Å². The van der Waals surface area contributed by atoms with Gasteiger partial charge in [-0.2, -0.15) is 0 Å². The molecule has 0 radical (unpaired) electrons. The Morgan fingerprint density at radius 1 is 0.848 bits per heavy atom. The average molecular weight is 930 g/mol. The zero-order valence-corrected chi connectivity index (χ0v) is 43.4. The fourth-order valence-electron chi connectivity index (χ4n) is 9.41. The number of hydrogen-bond acceptors (Lipinski definition) is 11. The number of carbonyl (C=O) groups excluding carboxylic acids is 6. The predicted octanol–water partition coefficient (Wildman–Crippen LogP) is 6.64. The molecule has 66 heavy (non-hydrogen) atoms. The van der Waals surface area contributed by atoms with E-state index in [2.05, 4.69) is 17.1 Å². The van der Waals surface area contributed by atoms with Gasteiger partial charge in [0.2, 0.25) is 17.7 Å². The first-order valence-corrected chi connectivity index (χ1v) is 24.1. The second kappa shape index (κ2) is 27.7. The molecule has 0 aromatic heterocycles. The number of ketones is 1. The summed E-state index contributed by atoms with van der Waals surface area (Å²) >= 11 is 0. The first-order chi connectivity index (χ1) is 30.9. The number of nitrogens with zero attached hydrogens (tertiary/aromatic N) is 4. The summed E-state index contributed by atoms with van der Waals surface area (Å²) in [6, 6.07) is 7.20. The first-order valence-electron chi connectivity index (χ1n) is 24.1. The van der Waals surface area contributed by atoms with Gasteiger partial charge in [-0.25, -0.2) is 9.59 Å². The van der Waals surface area contributed by atoms with Gasteiger partial charge in [0.25, 0.3) is 0 Å². The lowest BCUT2D eigenvalue weighted by molar-refractivity contribution is -0.150. The Morgan fingerprint density at radius 2 is 1.47 bits per heavy atom. The number of esters is 1. The third-order valence-corrected chi connectivity index (χ3v) is 13.3. The smallest absolute Gasteiger partial charge is 0.410 e. The Bertz CT molecular complexity index is 1690. The number of hydrogen-bond donors (Lipinski definition) is 1. The molecule has 0 saturated carbocycles. The Morgan fingerprint density at radius 3 is 2.00 bits per heavy atom. The highest BCUT2D eigenvalue weighted by Crippen LogP contribution is 2.31. The zero-order valence-electron chi connectivity index (χ0n) is 43.4. The maximum atomic E-state index is 14.7.